The molecule has 108 valence electrons. The van der Waals surface area contributed by atoms with E-state index in [-0.39, 0.29) is 6.04 Å². The van der Waals surface area contributed by atoms with Crippen LogP contribution in [0.15, 0.2) is 22.7 Å². The molecular weight excluding hydrogens is 320 g/mol. The van der Waals surface area contributed by atoms with E-state index in [4.69, 9.17) is 9.47 Å². The lowest BCUT2D eigenvalue weighted by Gasteiger charge is -2.17. The lowest BCUT2D eigenvalue weighted by atomic mass is 10.0. The van der Waals surface area contributed by atoms with Gasteiger partial charge in [-0.2, -0.15) is 0 Å². The van der Waals surface area contributed by atoms with Crippen LogP contribution in [0.1, 0.15) is 18.0 Å². The van der Waals surface area contributed by atoms with Crippen LogP contribution < -0.4 is 10.1 Å². The average Bonchev–Trinajstić information content (AvgIpc) is 2.38. The Morgan fingerprint density at radius 3 is 2.63 bits per heavy atom. The Kier molecular flexibility index (Phi) is 7.27. The van der Waals surface area contributed by atoms with Crippen molar-refractivity contribution in [1.29, 1.82) is 0 Å². The summed E-state index contributed by atoms with van der Waals surface area (Å²) in [6, 6.07) is 5.81. The van der Waals surface area contributed by atoms with E-state index in [9.17, 15) is 8.78 Å². The summed E-state index contributed by atoms with van der Waals surface area (Å²) in [7, 11) is 3.43. The quantitative estimate of drug-likeness (QED) is 0.737. The molecule has 0 heterocycles. The van der Waals surface area contributed by atoms with Crippen molar-refractivity contribution >= 4 is 15.9 Å². The number of nitrogens with one attached hydrogen (secondary N) is 1. The van der Waals surface area contributed by atoms with Crippen LogP contribution in [0.25, 0.3) is 0 Å². The van der Waals surface area contributed by atoms with Gasteiger partial charge >= 0.3 is 0 Å². The molecular formula is C13H18BrF2NO2. The van der Waals surface area contributed by atoms with Crippen molar-refractivity contribution in [3.8, 4) is 5.75 Å². The highest BCUT2D eigenvalue weighted by atomic mass is 79.9. The summed E-state index contributed by atoms with van der Waals surface area (Å²) in [5.74, 6) is 0.757. The van der Waals surface area contributed by atoms with Gasteiger partial charge < -0.3 is 14.8 Å². The smallest absolute Gasteiger partial charge is 0.261 e. The van der Waals surface area contributed by atoms with Crippen LogP contribution in [0.3, 0.4) is 0 Å². The Bertz CT molecular complexity index is 391. The maximum absolute atomic E-state index is 11.9. The largest absolute Gasteiger partial charge is 0.496 e. The molecule has 0 amide bonds. The molecule has 0 aliphatic carbocycles. The van der Waals surface area contributed by atoms with Crippen molar-refractivity contribution in [3.05, 3.63) is 28.2 Å². The zero-order valence-electron chi connectivity index (χ0n) is 11.0. The first-order valence-electron chi connectivity index (χ1n) is 5.95. The highest BCUT2D eigenvalue weighted by Crippen LogP contribution is 2.28. The van der Waals surface area contributed by atoms with Gasteiger partial charge in [0, 0.05) is 12.6 Å². The SMILES string of the molecule is CNC(CCOCC(F)F)c1ccc(OC)c(Br)c1. The Morgan fingerprint density at radius 2 is 2.11 bits per heavy atom. The van der Waals surface area contributed by atoms with E-state index in [0.29, 0.717) is 13.0 Å². The van der Waals surface area contributed by atoms with Gasteiger partial charge in [-0.15, -0.1) is 0 Å². The summed E-state index contributed by atoms with van der Waals surface area (Å²) in [6.07, 6.45) is -1.79. The Morgan fingerprint density at radius 1 is 1.37 bits per heavy atom. The minimum Gasteiger partial charge on any atom is -0.496 e. The molecule has 1 unspecified atom stereocenters. The monoisotopic (exact) mass is 337 g/mol. The van der Waals surface area contributed by atoms with Crippen LogP contribution in [0.5, 0.6) is 5.75 Å². The first kappa shape index (κ1) is 16.3. The van der Waals surface area contributed by atoms with Crippen LogP contribution in [-0.2, 0) is 4.74 Å². The molecule has 0 saturated heterocycles. The van der Waals surface area contributed by atoms with Crippen molar-refractivity contribution in [2.75, 3.05) is 27.4 Å². The molecule has 19 heavy (non-hydrogen) atoms. The summed E-state index contributed by atoms with van der Waals surface area (Å²) < 4.78 is 34.8. The van der Waals surface area contributed by atoms with Gasteiger partial charge in [-0.25, -0.2) is 8.78 Å². The predicted molar refractivity (Wildman–Crippen MR) is 73.9 cm³/mol. The van der Waals surface area contributed by atoms with E-state index in [1.807, 2.05) is 25.2 Å². The van der Waals surface area contributed by atoms with Gasteiger partial charge in [-0.05, 0) is 47.1 Å². The summed E-state index contributed by atoms with van der Waals surface area (Å²) in [6.45, 7) is -0.220. The van der Waals surface area contributed by atoms with E-state index in [1.54, 1.807) is 7.11 Å². The van der Waals surface area contributed by atoms with E-state index in [0.717, 1.165) is 15.8 Å². The molecule has 0 saturated carbocycles. The second-order valence-electron chi connectivity index (χ2n) is 3.99. The molecule has 3 nitrogen and oxygen atoms in total. The molecule has 1 N–H and O–H groups in total. The molecule has 0 radical (unpaired) electrons. The number of hydrogen-bond donors (Lipinski definition) is 1. The van der Waals surface area contributed by atoms with Crippen molar-refractivity contribution in [2.45, 2.75) is 18.9 Å². The van der Waals surface area contributed by atoms with Crippen LogP contribution in [0, 0.1) is 0 Å². The molecule has 0 bridgehead atoms. The normalized spacial score (nSPS) is 12.7. The fourth-order valence-corrected chi connectivity index (χ4v) is 2.31. The molecule has 1 atom stereocenters. The first-order valence-corrected chi connectivity index (χ1v) is 6.74. The molecule has 6 heteroatoms. The number of ether oxygens (including phenoxy) is 2. The molecule has 0 aromatic heterocycles. The highest BCUT2D eigenvalue weighted by Gasteiger charge is 2.12. The van der Waals surface area contributed by atoms with Gasteiger partial charge in [0.2, 0.25) is 0 Å². The van der Waals surface area contributed by atoms with Gasteiger partial charge in [-0.1, -0.05) is 6.07 Å². The lowest BCUT2D eigenvalue weighted by Crippen LogP contribution is -2.19. The maximum atomic E-state index is 11.9. The Balaban J connectivity index is 2.56. The fourth-order valence-electron chi connectivity index (χ4n) is 1.75. The van der Waals surface area contributed by atoms with Crippen molar-refractivity contribution in [2.24, 2.45) is 0 Å². The van der Waals surface area contributed by atoms with Crippen LogP contribution in [0.4, 0.5) is 8.78 Å². The van der Waals surface area contributed by atoms with Gasteiger partial charge in [0.15, 0.2) is 0 Å². The number of methoxy groups -OCH3 is 1. The van der Waals surface area contributed by atoms with Crippen molar-refractivity contribution in [1.82, 2.24) is 5.32 Å². The second kappa shape index (κ2) is 8.45. The van der Waals surface area contributed by atoms with Gasteiger partial charge in [0.1, 0.15) is 12.4 Å². The maximum Gasteiger partial charge on any atom is 0.261 e. The van der Waals surface area contributed by atoms with Crippen LogP contribution in [0.2, 0.25) is 0 Å². The fraction of sp³-hybridized carbons (Fsp3) is 0.538. The van der Waals surface area contributed by atoms with E-state index >= 15 is 0 Å². The predicted octanol–water partition coefficient (Wildman–Crippen LogP) is 3.39. The number of benzene rings is 1. The van der Waals surface area contributed by atoms with E-state index in [1.165, 1.54) is 0 Å². The van der Waals surface area contributed by atoms with Crippen LogP contribution in [-0.4, -0.2) is 33.8 Å². The molecule has 1 aromatic rings. The lowest BCUT2D eigenvalue weighted by molar-refractivity contribution is 0.0145. The van der Waals surface area contributed by atoms with Crippen molar-refractivity contribution in [3.63, 3.8) is 0 Å². The van der Waals surface area contributed by atoms with E-state index < -0.39 is 13.0 Å². The molecule has 1 rings (SSSR count). The number of rotatable bonds is 8. The topological polar surface area (TPSA) is 30.5 Å². The second-order valence-corrected chi connectivity index (χ2v) is 4.84. The first-order chi connectivity index (χ1) is 9.08. The third-order valence-corrected chi connectivity index (χ3v) is 3.34. The van der Waals surface area contributed by atoms with Crippen LogP contribution >= 0.6 is 15.9 Å². The number of halogens is 3. The molecule has 0 aliphatic heterocycles. The van der Waals surface area contributed by atoms with Gasteiger partial charge in [-0.3, -0.25) is 0 Å². The number of alkyl halides is 2. The molecule has 1 aromatic carbocycles. The third kappa shape index (κ3) is 5.42. The summed E-state index contributed by atoms with van der Waals surface area (Å²) >= 11 is 3.42. The number of hydrogen-bond acceptors (Lipinski definition) is 3. The molecule has 0 fully saturated rings. The summed E-state index contributed by atoms with van der Waals surface area (Å²) in [5.41, 5.74) is 1.05. The molecule has 0 aliphatic rings. The minimum absolute atomic E-state index is 0.0554. The average molecular weight is 338 g/mol. The third-order valence-electron chi connectivity index (χ3n) is 2.72. The minimum atomic E-state index is -2.41. The Labute approximate surface area is 120 Å². The van der Waals surface area contributed by atoms with Gasteiger partial charge in [0.05, 0.1) is 11.6 Å². The molecule has 0 spiro atoms. The van der Waals surface area contributed by atoms with Crippen molar-refractivity contribution < 1.29 is 18.3 Å². The van der Waals surface area contributed by atoms with E-state index in [2.05, 4.69) is 21.2 Å². The Hall–Kier alpha value is -0.720. The zero-order valence-corrected chi connectivity index (χ0v) is 12.5. The van der Waals surface area contributed by atoms with Gasteiger partial charge in [0.25, 0.3) is 6.43 Å². The highest BCUT2D eigenvalue weighted by molar-refractivity contribution is 9.10. The summed E-state index contributed by atoms with van der Waals surface area (Å²) in [4.78, 5) is 0. The zero-order chi connectivity index (χ0) is 14.3. The standard InChI is InChI=1S/C13H18BrF2NO2/c1-17-11(5-6-19-8-13(15)16)9-3-4-12(18-2)10(14)7-9/h3-4,7,11,13,17H,5-6,8H2,1-2H3. The summed E-state index contributed by atoms with van der Waals surface area (Å²) in [5, 5.41) is 3.14.